The van der Waals surface area contributed by atoms with Crippen molar-refractivity contribution in [2.75, 3.05) is 16.6 Å². The fourth-order valence-electron chi connectivity index (χ4n) is 3.18. The van der Waals surface area contributed by atoms with Gasteiger partial charge >= 0.3 is 0 Å². The molecule has 2 N–H and O–H groups in total. The topological polar surface area (TPSA) is 72.9 Å². The minimum atomic E-state index is -2.35. The molecular formula is C24H20F4N4OS2. The van der Waals surface area contributed by atoms with E-state index in [0.29, 0.717) is 28.0 Å². The Morgan fingerprint density at radius 3 is 2.43 bits per heavy atom. The molecule has 0 saturated heterocycles. The third kappa shape index (κ3) is 5.58. The lowest BCUT2D eigenvalue weighted by molar-refractivity contribution is 0.554. The fourth-order valence-corrected chi connectivity index (χ4v) is 5.09. The van der Waals surface area contributed by atoms with Gasteiger partial charge < -0.3 is 9.87 Å². The summed E-state index contributed by atoms with van der Waals surface area (Å²) in [6, 6.07) is 7.87. The molecule has 11 heteroatoms. The highest BCUT2D eigenvalue weighted by Gasteiger charge is 2.26. The van der Waals surface area contributed by atoms with Crippen LogP contribution in [0, 0.1) is 29.2 Å². The Kier molecular flexibility index (Phi) is 7.58. The molecule has 0 radical (unpaired) electrons. The number of nitrogens with zero attached hydrogens (tertiary/aromatic N) is 2. The Bertz CT molecular complexity index is 1330. The van der Waals surface area contributed by atoms with Crippen molar-refractivity contribution in [1.82, 2.24) is 9.97 Å². The van der Waals surface area contributed by atoms with E-state index in [1.54, 1.807) is 24.5 Å². The summed E-state index contributed by atoms with van der Waals surface area (Å²) in [7, 11) is 0. The summed E-state index contributed by atoms with van der Waals surface area (Å²) >= 11 is -1.12. The summed E-state index contributed by atoms with van der Waals surface area (Å²) in [6.07, 6.45) is 3.11. The second kappa shape index (κ2) is 10.6. The fraction of sp³-hybridized carbons (Fsp3) is 0.167. The second-order valence-corrected chi connectivity index (χ2v) is 10.1. The molecule has 2 aromatic carbocycles. The number of halogens is 4. The molecule has 0 aliphatic rings. The molecule has 1 atom stereocenters. The molecule has 0 saturated carbocycles. The molecule has 4 aromatic rings. The number of benzene rings is 2. The van der Waals surface area contributed by atoms with E-state index in [9.17, 15) is 17.7 Å². The maximum absolute atomic E-state index is 15.6. The van der Waals surface area contributed by atoms with Crippen LogP contribution in [0.5, 0.6) is 0 Å². The Morgan fingerprint density at radius 1 is 1.00 bits per heavy atom. The van der Waals surface area contributed by atoms with Crippen molar-refractivity contribution in [3.8, 4) is 21.7 Å². The third-order valence-electron chi connectivity index (χ3n) is 4.85. The van der Waals surface area contributed by atoms with Gasteiger partial charge in [-0.25, -0.2) is 27.3 Å². The van der Waals surface area contributed by atoms with Crippen LogP contribution in [0.25, 0.3) is 21.7 Å². The number of aromatic nitrogens is 2. The van der Waals surface area contributed by atoms with Crippen LogP contribution in [0.3, 0.4) is 0 Å². The highest BCUT2D eigenvalue weighted by molar-refractivity contribution is 7.92. The van der Waals surface area contributed by atoms with Crippen LogP contribution in [-0.2, 0) is 11.4 Å². The molecule has 2 heterocycles. The van der Waals surface area contributed by atoms with Gasteiger partial charge in [0.05, 0.1) is 16.1 Å². The SMILES string of the molecule is CC(C)CNc1nc(-c2c(F)ccc(N[S+]([O-])c3cc(F)ccc3F)c2F)c(-c2ccncc2)s1. The van der Waals surface area contributed by atoms with E-state index in [1.165, 1.54) is 11.3 Å². The predicted octanol–water partition coefficient (Wildman–Crippen LogP) is 6.63. The standard InChI is InChI=1S/C24H20F4N4OS2/c1-13(2)12-30-24-31-22(23(34-24)14-7-9-29-10-8-14)20-17(27)5-6-18(21(20)28)32-35(33)19-11-15(25)3-4-16(19)26/h3-11,13,32H,12H2,1-2H3,(H,30,31). The molecule has 182 valence electrons. The lowest BCUT2D eigenvalue weighted by Crippen LogP contribution is -2.16. The van der Waals surface area contributed by atoms with Crippen molar-refractivity contribution in [3.63, 3.8) is 0 Å². The lowest BCUT2D eigenvalue weighted by atomic mass is 10.1. The lowest BCUT2D eigenvalue weighted by Gasteiger charge is -2.14. The van der Waals surface area contributed by atoms with Crippen molar-refractivity contribution in [2.45, 2.75) is 18.7 Å². The Hall–Kier alpha value is -3.15. The van der Waals surface area contributed by atoms with E-state index < -0.39 is 45.1 Å². The van der Waals surface area contributed by atoms with Crippen LogP contribution in [0.1, 0.15) is 13.8 Å². The van der Waals surface area contributed by atoms with E-state index in [4.69, 9.17) is 0 Å². The van der Waals surface area contributed by atoms with Gasteiger partial charge in [0, 0.05) is 25.0 Å². The van der Waals surface area contributed by atoms with Gasteiger partial charge in [0.15, 0.2) is 16.8 Å². The van der Waals surface area contributed by atoms with E-state index in [0.717, 1.165) is 30.3 Å². The highest BCUT2D eigenvalue weighted by atomic mass is 32.2. The molecule has 1 unspecified atom stereocenters. The number of hydrogen-bond donors (Lipinski definition) is 2. The van der Waals surface area contributed by atoms with E-state index in [2.05, 4.69) is 20.0 Å². The monoisotopic (exact) mass is 520 g/mol. The van der Waals surface area contributed by atoms with Crippen LogP contribution < -0.4 is 10.0 Å². The first-order valence-corrected chi connectivity index (χ1v) is 12.5. The Balaban J connectivity index is 1.77. The van der Waals surface area contributed by atoms with E-state index >= 15 is 4.39 Å². The zero-order chi connectivity index (χ0) is 25.1. The molecule has 5 nitrogen and oxygen atoms in total. The number of hydrogen-bond acceptors (Lipinski definition) is 6. The van der Waals surface area contributed by atoms with Crippen molar-refractivity contribution in [3.05, 3.63) is 78.1 Å². The molecule has 4 rings (SSSR count). The first-order chi connectivity index (χ1) is 16.7. The largest absolute Gasteiger partial charge is 0.588 e. The number of anilines is 2. The van der Waals surface area contributed by atoms with Gasteiger partial charge in [0.25, 0.3) is 0 Å². The summed E-state index contributed by atoms with van der Waals surface area (Å²) in [4.78, 5) is 8.44. The van der Waals surface area contributed by atoms with Gasteiger partial charge in [-0.1, -0.05) is 25.2 Å². The summed E-state index contributed by atoms with van der Waals surface area (Å²) < 4.78 is 73.1. The minimum absolute atomic E-state index is 0.0498. The number of thiazole rings is 1. The first kappa shape index (κ1) is 25.0. The molecule has 0 bridgehead atoms. The number of pyridine rings is 1. The Morgan fingerprint density at radius 2 is 1.71 bits per heavy atom. The molecule has 0 spiro atoms. The zero-order valence-corrected chi connectivity index (χ0v) is 20.2. The highest BCUT2D eigenvalue weighted by Crippen LogP contribution is 2.42. The summed E-state index contributed by atoms with van der Waals surface area (Å²) in [5.74, 6) is -3.37. The first-order valence-electron chi connectivity index (χ1n) is 10.5. The van der Waals surface area contributed by atoms with Gasteiger partial charge in [0.1, 0.15) is 28.7 Å². The summed E-state index contributed by atoms with van der Waals surface area (Å²) in [5.41, 5.74) is -0.0809. The molecule has 2 aromatic heterocycles. The second-order valence-electron chi connectivity index (χ2n) is 7.94. The molecule has 35 heavy (non-hydrogen) atoms. The van der Waals surface area contributed by atoms with Crippen molar-refractivity contribution in [1.29, 1.82) is 0 Å². The molecule has 0 aliphatic carbocycles. The number of rotatable bonds is 8. The van der Waals surface area contributed by atoms with Crippen molar-refractivity contribution >= 4 is 33.5 Å². The van der Waals surface area contributed by atoms with E-state index in [1.807, 2.05) is 13.8 Å². The van der Waals surface area contributed by atoms with Crippen LogP contribution in [-0.4, -0.2) is 21.1 Å². The van der Waals surface area contributed by atoms with Crippen molar-refractivity contribution < 1.29 is 22.1 Å². The summed E-state index contributed by atoms with van der Waals surface area (Å²) in [6.45, 7) is 4.64. The maximum Gasteiger partial charge on any atom is 0.218 e. The van der Waals surface area contributed by atoms with Gasteiger partial charge in [-0.3, -0.25) is 4.98 Å². The summed E-state index contributed by atoms with van der Waals surface area (Å²) in [5, 5.41) is 3.64. The van der Waals surface area contributed by atoms with Crippen LogP contribution >= 0.6 is 11.3 Å². The molecule has 0 aliphatic heterocycles. The van der Waals surface area contributed by atoms with Crippen LogP contribution in [0.15, 0.2) is 59.8 Å². The predicted molar refractivity (Wildman–Crippen MR) is 130 cm³/mol. The average Bonchev–Trinajstić information content (AvgIpc) is 3.25. The minimum Gasteiger partial charge on any atom is -0.588 e. The zero-order valence-electron chi connectivity index (χ0n) is 18.6. The van der Waals surface area contributed by atoms with Gasteiger partial charge in [-0.2, -0.15) is 0 Å². The van der Waals surface area contributed by atoms with Gasteiger partial charge in [0.2, 0.25) is 4.90 Å². The molecule has 0 amide bonds. The number of nitrogens with one attached hydrogen (secondary N) is 2. The molecular weight excluding hydrogens is 500 g/mol. The normalized spacial score (nSPS) is 12.1. The van der Waals surface area contributed by atoms with Crippen molar-refractivity contribution in [2.24, 2.45) is 5.92 Å². The van der Waals surface area contributed by atoms with Crippen LogP contribution in [0.4, 0.5) is 28.4 Å². The van der Waals surface area contributed by atoms with E-state index in [-0.39, 0.29) is 11.4 Å². The average molecular weight is 521 g/mol. The third-order valence-corrected chi connectivity index (χ3v) is 7.03. The van der Waals surface area contributed by atoms with Gasteiger partial charge in [-0.15, -0.1) is 0 Å². The quantitative estimate of drug-likeness (QED) is 0.202. The molecule has 0 fully saturated rings. The smallest absolute Gasteiger partial charge is 0.218 e. The van der Waals surface area contributed by atoms with Crippen LogP contribution in [0.2, 0.25) is 0 Å². The van der Waals surface area contributed by atoms with Gasteiger partial charge in [-0.05, 0) is 47.9 Å². The Labute approximate surface area is 206 Å². The maximum atomic E-state index is 15.6.